The topological polar surface area (TPSA) is 152 Å². The van der Waals surface area contributed by atoms with E-state index in [9.17, 15) is 37.1 Å². The minimum absolute atomic E-state index is 0.0317. The van der Waals surface area contributed by atoms with Crippen LogP contribution in [-0.4, -0.2) is 77.9 Å². The number of rotatable bonds is 14. The number of pyridine rings is 1. The number of carbonyl (C=O) groups excluding carboxylic acids is 4. The van der Waals surface area contributed by atoms with Crippen LogP contribution >= 0.6 is 0 Å². The number of H-pyrrole nitrogens is 1. The van der Waals surface area contributed by atoms with Gasteiger partial charge < -0.3 is 34.6 Å². The molecule has 12 nitrogen and oxygen atoms in total. The average molecular weight is 662 g/mol. The molecule has 3 N–H and O–H groups in total. The van der Waals surface area contributed by atoms with Crippen molar-refractivity contribution in [2.45, 2.75) is 51.9 Å². The molecule has 0 aliphatic carbocycles. The molecule has 2 aromatic heterocycles. The van der Waals surface area contributed by atoms with Gasteiger partial charge in [0.25, 0.3) is 5.56 Å². The third kappa shape index (κ3) is 11.0. The molecule has 0 aliphatic rings. The minimum atomic E-state index is -5.20. The van der Waals surface area contributed by atoms with Gasteiger partial charge in [-0.2, -0.15) is 13.2 Å². The number of aromatic nitrogens is 2. The number of halogens is 3. The van der Waals surface area contributed by atoms with Gasteiger partial charge in [0, 0.05) is 31.5 Å². The molecule has 0 aliphatic heterocycles. The summed E-state index contributed by atoms with van der Waals surface area (Å²) >= 11 is 0. The number of esters is 1. The maximum absolute atomic E-state index is 13.3. The maximum atomic E-state index is 13.3. The van der Waals surface area contributed by atoms with E-state index in [-0.39, 0.29) is 31.0 Å². The number of carbonyl (C=O) groups is 4. The number of nitrogens with one attached hydrogen (secondary N) is 3. The number of hydrogen-bond acceptors (Lipinski definition) is 7. The van der Waals surface area contributed by atoms with Crippen LogP contribution in [0.4, 0.5) is 23.7 Å². The Balaban J connectivity index is 1.71. The van der Waals surface area contributed by atoms with E-state index in [0.717, 1.165) is 28.6 Å². The predicted molar refractivity (Wildman–Crippen MR) is 168 cm³/mol. The van der Waals surface area contributed by atoms with Gasteiger partial charge in [-0.1, -0.05) is 38.1 Å². The summed E-state index contributed by atoms with van der Waals surface area (Å²) in [7, 11) is 3.11. The second kappa shape index (κ2) is 16.5. The Morgan fingerprint density at radius 1 is 1.06 bits per heavy atom. The van der Waals surface area contributed by atoms with E-state index < -0.39 is 49.0 Å². The van der Waals surface area contributed by atoms with Gasteiger partial charge in [-0.15, -0.1) is 0 Å². The van der Waals surface area contributed by atoms with Crippen LogP contribution in [0.1, 0.15) is 37.9 Å². The molecule has 0 bridgehead atoms. The fourth-order valence-electron chi connectivity index (χ4n) is 4.53. The monoisotopic (exact) mass is 661 g/mol. The Morgan fingerprint density at radius 2 is 1.79 bits per heavy atom. The number of fused-ring (bicyclic) bond motifs is 1. The summed E-state index contributed by atoms with van der Waals surface area (Å²) in [5.41, 5.74) is 2.37. The first-order valence-electron chi connectivity index (χ1n) is 14.8. The van der Waals surface area contributed by atoms with Crippen molar-refractivity contribution >= 4 is 40.5 Å². The van der Waals surface area contributed by atoms with Gasteiger partial charge in [0.1, 0.15) is 24.9 Å². The molecule has 0 saturated carbocycles. The highest BCUT2D eigenvalue weighted by Crippen LogP contribution is 2.22. The highest BCUT2D eigenvalue weighted by molar-refractivity contribution is 5.96. The van der Waals surface area contributed by atoms with Crippen molar-refractivity contribution in [1.82, 2.24) is 19.8 Å². The number of ether oxygens (including phenoxy) is 2. The number of alkyl halides is 3. The predicted octanol–water partition coefficient (Wildman–Crippen LogP) is 4.14. The van der Waals surface area contributed by atoms with Crippen molar-refractivity contribution in [1.29, 1.82) is 0 Å². The Kier molecular flexibility index (Phi) is 12.8. The molecule has 3 rings (SSSR count). The summed E-state index contributed by atoms with van der Waals surface area (Å²) in [6.07, 6.45) is -1.02. The highest BCUT2D eigenvalue weighted by atomic mass is 19.4. The smallest absolute Gasteiger partial charge is 0.455 e. The molecule has 0 spiro atoms. The molecule has 254 valence electrons. The zero-order chi connectivity index (χ0) is 34.7. The van der Waals surface area contributed by atoms with E-state index in [4.69, 9.17) is 4.74 Å². The fourth-order valence-corrected chi connectivity index (χ4v) is 4.53. The average Bonchev–Trinajstić information content (AvgIpc) is 3.41. The van der Waals surface area contributed by atoms with Crippen LogP contribution in [0.3, 0.4) is 0 Å². The molecule has 0 saturated heterocycles. The molecule has 1 atom stereocenters. The molecule has 1 aromatic carbocycles. The molecule has 0 radical (unpaired) electrons. The lowest BCUT2D eigenvalue weighted by Crippen LogP contribution is -2.45. The van der Waals surface area contributed by atoms with Gasteiger partial charge in [0.05, 0.1) is 6.54 Å². The number of nitrogens with zero attached hydrogens (tertiary/aromatic N) is 2. The third-order valence-electron chi connectivity index (χ3n) is 6.76. The van der Waals surface area contributed by atoms with Gasteiger partial charge in [-0.25, -0.2) is 9.59 Å². The van der Waals surface area contributed by atoms with Crippen LogP contribution in [-0.2, 0) is 36.8 Å². The lowest BCUT2D eigenvalue weighted by atomic mass is 10.0. The van der Waals surface area contributed by atoms with E-state index in [0.29, 0.717) is 5.92 Å². The van der Waals surface area contributed by atoms with Crippen LogP contribution in [0.5, 0.6) is 0 Å². The standard InChI is InChI=1S/C32H38F3N5O7/c1-20(2)17-21-9-7-10-22-18-23(36-27(21)22)19-40-14-8-12-25(29(40)43)37-28(42)24(11-5-6-13-26(41)39(3)4)38-31(45)47-16-15-46-30(44)32(33,34)35/h6-10,12-14,18,20,24,36H,5,11,15-17,19H2,1-4H3,(H,37,42)(H,38,45)/b13-6+/t24-/m0/s1. The zero-order valence-corrected chi connectivity index (χ0v) is 26.5. The SMILES string of the molecule is CC(C)Cc1cccc2cc(Cn3cccc(NC(=O)[C@H](CC/C=C/C(=O)N(C)C)NC(=O)OCCOC(=O)C(F)(F)F)c3=O)[nH]c12. The van der Waals surface area contributed by atoms with Gasteiger partial charge in [0.2, 0.25) is 11.8 Å². The molecule has 2 heterocycles. The normalized spacial score (nSPS) is 12.3. The van der Waals surface area contributed by atoms with E-state index in [1.165, 1.54) is 27.7 Å². The van der Waals surface area contributed by atoms with Crippen molar-refractivity contribution in [3.05, 3.63) is 76.4 Å². The van der Waals surface area contributed by atoms with Crippen LogP contribution < -0.4 is 16.2 Å². The Bertz CT molecular complexity index is 1660. The number of alkyl carbamates (subject to hydrolysis) is 1. The molecule has 47 heavy (non-hydrogen) atoms. The quantitative estimate of drug-likeness (QED) is 0.133. The minimum Gasteiger partial charge on any atom is -0.455 e. The van der Waals surface area contributed by atoms with E-state index in [1.54, 1.807) is 26.4 Å². The number of anilines is 1. The molecular weight excluding hydrogens is 623 g/mol. The number of para-hydroxylation sites is 1. The van der Waals surface area contributed by atoms with Crippen LogP contribution in [0.15, 0.2) is 59.5 Å². The number of allylic oxidation sites excluding steroid dienone is 1. The molecule has 0 unspecified atom stereocenters. The summed E-state index contributed by atoms with van der Waals surface area (Å²) in [6.45, 7) is 2.88. The van der Waals surface area contributed by atoms with Crippen molar-refractivity contribution < 1.29 is 41.8 Å². The number of aromatic amines is 1. The fraction of sp³-hybridized carbons (Fsp3) is 0.406. The van der Waals surface area contributed by atoms with E-state index in [2.05, 4.69) is 40.3 Å². The second-order valence-corrected chi connectivity index (χ2v) is 11.3. The third-order valence-corrected chi connectivity index (χ3v) is 6.76. The van der Waals surface area contributed by atoms with Crippen molar-refractivity contribution in [3.8, 4) is 0 Å². The van der Waals surface area contributed by atoms with Crippen LogP contribution in [0.25, 0.3) is 10.9 Å². The summed E-state index contributed by atoms with van der Waals surface area (Å²) in [6, 6.07) is 9.70. The lowest BCUT2D eigenvalue weighted by molar-refractivity contribution is -0.200. The number of benzene rings is 1. The lowest BCUT2D eigenvalue weighted by Gasteiger charge is -2.18. The summed E-state index contributed by atoms with van der Waals surface area (Å²) in [5.74, 6) is -3.07. The molecule has 3 aromatic rings. The second-order valence-electron chi connectivity index (χ2n) is 11.3. The number of amides is 3. The van der Waals surface area contributed by atoms with Crippen molar-refractivity contribution in [2.24, 2.45) is 5.92 Å². The van der Waals surface area contributed by atoms with Gasteiger partial charge in [0.15, 0.2) is 0 Å². The van der Waals surface area contributed by atoms with Crippen LogP contribution in [0, 0.1) is 5.92 Å². The van der Waals surface area contributed by atoms with Crippen molar-refractivity contribution in [3.63, 3.8) is 0 Å². The molecule has 3 amide bonds. The first-order chi connectivity index (χ1) is 22.1. The largest absolute Gasteiger partial charge is 0.490 e. The number of hydrogen-bond donors (Lipinski definition) is 3. The van der Waals surface area contributed by atoms with Gasteiger partial charge in [-0.05, 0) is 60.4 Å². The van der Waals surface area contributed by atoms with E-state index in [1.807, 2.05) is 18.2 Å². The molecule has 0 fully saturated rings. The van der Waals surface area contributed by atoms with Crippen LogP contribution in [0.2, 0.25) is 0 Å². The summed E-state index contributed by atoms with van der Waals surface area (Å²) < 4.78 is 47.0. The Morgan fingerprint density at radius 3 is 2.47 bits per heavy atom. The van der Waals surface area contributed by atoms with Gasteiger partial charge in [-0.3, -0.25) is 14.4 Å². The molecular formula is C32H38F3N5O7. The maximum Gasteiger partial charge on any atom is 0.490 e. The zero-order valence-electron chi connectivity index (χ0n) is 26.5. The summed E-state index contributed by atoms with van der Waals surface area (Å²) in [5, 5.41) is 5.82. The van der Waals surface area contributed by atoms with E-state index >= 15 is 0 Å². The first kappa shape index (κ1) is 36.4. The Hall–Kier alpha value is -5.08. The van der Waals surface area contributed by atoms with Gasteiger partial charge >= 0.3 is 18.2 Å². The highest BCUT2D eigenvalue weighted by Gasteiger charge is 2.40. The first-order valence-corrected chi connectivity index (χ1v) is 14.8. The Labute approximate surface area is 268 Å². The van der Waals surface area contributed by atoms with Crippen molar-refractivity contribution in [2.75, 3.05) is 32.6 Å². The molecule has 15 heteroatoms. The number of likely N-dealkylation sites (N-methyl/N-ethyl adjacent to an activating group) is 1. The summed E-state index contributed by atoms with van der Waals surface area (Å²) in [4.78, 5) is 66.3.